The Morgan fingerprint density at radius 1 is 1.30 bits per heavy atom. The van der Waals surface area contributed by atoms with Gasteiger partial charge in [-0.3, -0.25) is 4.79 Å². The van der Waals surface area contributed by atoms with Crippen LogP contribution >= 0.6 is 0 Å². The summed E-state index contributed by atoms with van der Waals surface area (Å²) in [7, 11) is 1.78. The number of hydrogen-bond donors (Lipinski definition) is 3. The number of rotatable bonds is 8. The van der Waals surface area contributed by atoms with Crippen molar-refractivity contribution in [3.63, 3.8) is 0 Å². The molecule has 3 N–H and O–H groups in total. The van der Waals surface area contributed by atoms with Crippen LogP contribution in [0, 0.1) is 0 Å². The summed E-state index contributed by atoms with van der Waals surface area (Å²) in [5.41, 5.74) is 0. The van der Waals surface area contributed by atoms with E-state index in [1.807, 2.05) is 12.2 Å². The number of Topliss-reactive ketones (excluding diaryl/α,β-unsaturated/α-hetero) is 1. The fourth-order valence-electron chi connectivity index (χ4n) is 2.63. The van der Waals surface area contributed by atoms with Crippen LogP contribution in [0.2, 0.25) is 0 Å². The molecule has 0 spiro atoms. The Morgan fingerprint density at radius 3 is 2.78 bits per heavy atom. The summed E-state index contributed by atoms with van der Waals surface area (Å²) < 4.78 is 5.35. The Kier molecular flexibility index (Phi) is 9.55. The lowest BCUT2D eigenvalue weighted by Gasteiger charge is -2.19. The van der Waals surface area contributed by atoms with E-state index in [-0.39, 0.29) is 24.0 Å². The Labute approximate surface area is 138 Å². The van der Waals surface area contributed by atoms with Crippen LogP contribution in [0.15, 0.2) is 12.2 Å². The van der Waals surface area contributed by atoms with E-state index < -0.39 is 6.09 Å². The molecule has 0 saturated heterocycles. The topological polar surface area (TPSA) is 87.7 Å². The highest BCUT2D eigenvalue weighted by Crippen LogP contribution is 2.15. The van der Waals surface area contributed by atoms with Gasteiger partial charge in [0.05, 0.1) is 12.1 Å². The van der Waals surface area contributed by atoms with E-state index in [1.165, 1.54) is 0 Å². The van der Waals surface area contributed by atoms with Gasteiger partial charge >= 0.3 is 6.09 Å². The van der Waals surface area contributed by atoms with Crippen molar-refractivity contribution in [3.05, 3.63) is 12.2 Å². The maximum absolute atomic E-state index is 11.8. The minimum Gasteiger partial charge on any atom is -0.442 e. The third kappa shape index (κ3) is 8.71. The first-order chi connectivity index (χ1) is 11.0. The van der Waals surface area contributed by atoms with E-state index in [9.17, 15) is 14.7 Å². The van der Waals surface area contributed by atoms with Crippen molar-refractivity contribution in [2.75, 3.05) is 13.6 Å². The molecule has 0 fully saturated rings. The van der Waals surface area contributed by atoms with Gasteiger partial charge in [0.15, 0.2) is 0 Å². The Morgan fingerprint density at radius 2 is 2.09 bits per heavy atom. The summed E-state index contributed by atoms with van der Waals surface area (Å²) in [5, 5.41) is 15.4. The Hall–Kier alpha value is -1.40. The first kappa shape index (κ1) is 19.6. The number of allylic oxidation sites excluding steroid dienone is 1. The molecule has 3 atom stereocenters. The molecule has 1 amide bonds. The molecule has 0 saturated carbocycles. The molecular formula is C17H30N2O4. The summed E-state index contributed by atoms with van der Waals surface area (Å²) >= 11 is 0. The quantitative estimate of drug-likeness (QED) is 0.468. The third-order valence-corrected chi connectivity index (χ3v) is 4.09. The van der Waals surface area contributed by atoms with E-state index in [0.29, 0.717) is 19.4 Å². The SMILES string of the molecule is CN[C@H](CCCCNC(=O)O[C@@H]1/C=C/CC[C@@H](O)CC1)C(C)=O. The second-order valence-corrected chi connectivity index (χ2v) is 6.05. The summed E-state index contributed by atoms with van der Waals surface area (Å²) in [6.07, 6.45) is 8.17. The van der Waals surface area contributed by atoms with E-state index in [0.717, 1.165) is 32.1 Å². The highest BCUT2D eigenvalue weighted by Gasteiger charge is 2.16. The van der Waals surface area contributed by atoms with Crippen LogP contribution in [0.3, 0.4) is 0 Å². The fourth-order valence-corrected chi connectivity index (χ4v) is 2.63. The molecule has 1 aliphatic rings. The van der Waals surface area contributed by atoms with E-state index in [1.54, 1.807) is 14.0 Å². The lowest BCUT2D eigenvalue weighted by Crippen LogP contribution is -2.33. The molecule has 1 rings (SSSR count). The minimum absolute atomic E-state index is 0.103. The average Bonchev–Trinajstić information content (AvgIpc) is 2.49. The van der Waals surface area contributed by atoms with Crippen molar-refractivity contribution in [1.29, 1.82) is 0 Å². The number of nitrogens with one attached hydrogen (secondary N) is 2. The molecule has 0 radical (unpaired) electrons. The highest BCUT2D eigenvalue weighted by molar-refractivity contribution is 5.81. The van der Waals surface area contributed by atoms with E-state index >= 15 is 0 Å². The molecule has 0 aromatic heterocycles. The molecule has 23 heavy (non-hydrogen) atoms. The summed E-state index contributed by atoms with van der Waals surface area (Å²) in [5.74, 6) is 0.137. The predicted octanol–water partition coefficient (Wildman–Crippen LogP) is 1.92. The van der Waals surface area contributed by atoms with Crippen molar-refractivity contribution >= 4 is 11.9 Å². The summed E-state index contributed by atoms with van der Waals surface area (Å²) in [6.45, 7) is 2.11. The Balaban J connectivity index is 2.16. The van der Waals surface area contributed by atoms with Gasteiger partial charge in [-0.15, -0.1) is 0 Å². The summed E-state index contributed by atoms with van der Waals surface area (Å²) in [6, 6.07) is -0.103. The standard InChI is InChI=1S/C17H30N2O4/c1-13(20)16(18-2)9-5-6-12-19-17(22)23-15-8-4-3-7-14(21)10-11-15/h4,8,14-16,18,21H,3,5-7,9-12H2,1-2H3,(H,19,22)/b8-4+/t14-,15-,16-/m1/s1. The van der Waals surface area contributed by atoms with Crippen LogP contribution in [0.25, 0.3) is 0 Å². The van der Waals surface area contributed by atoms with Crippen LogP contribution < -0.4 is 10.6 Å². The van der Waals surface area contributed by atoms with Gasteiger partial charge < -0.3 is 20.5 Å². The van der Waals surface area contributed by atoms with Crippen molar-refractivity contribution in [1.82, 2.24) is 10.6 Å². The molecule has 6 nitrogen and oxygen atoms in total. The first-order valence-electron chi connectivity index (χ1n) is 8.50. The van der Waals surface area contributed by atoms with Gasteiger partial charge in [0.1, 0.15) is 11.9 Å². The second kappa shape index (κ2) is 11.2. The zero-order valence-electron chi connectivity index (χ0n) is 14.2. The van der Waals surface area contributed by atoms with Crippen LogP contribution in [-0.4, -0.2) is 48.8 Å². The molecule has 0 bridgehead atoms. The zero-order valence-corrected chi connectivity index (χ0v) is 14.2. The van der Waals surface area contributed by atoms with E-state index in [4.69, 9.17) is 4.74 Å². The molecule has 6 heteroatoms. The first-order valence-corrected chi connectivity index (χ1v) is 8.50. The zero-order chi connectivity index (χ0) is 17.1. The molecule has 0 heterocycles. The van der Waals surface area contributed by atoms with Gasteiger partial charge in [0, 0.05) is 6.54 Å². The highest BCUT2D eigenvalue weighted by atomic mass is 16.6. The predicted molar refractivity (Wildman–Crippen MR) is 89.3 cm³/mol. The Bertz CT molecular complexity index is 398. The number of alkyl carbamates (subject to hydrolysis) is 1. The van der Waals surface area contributed by atoms with Crippen LogP contribution in [0.4, 0.5) is 4.79 Å². The maximum atomic E-state index is 11.8. The van der Waals surface area contributed by atoms with E-state index in [2.05, 4.69) is 10.6 Å². The van der Waals surface area contributed by atoms with Crippen molar-refractivity contribution in [3.8, 4) is 0 Å². The summed E-state index contributed by atoms with van der Waals surface area (Å²) in [4.78, 5) is 23.0. The number of hydrogen-bond acceptors (Lipinski definition) is 5. The van der Waals surface area contributed by atoms with Gasteiger partial charge in [-0.2, -0.15) is 0 Å². The molecular weight excluding hydrogens is 296 g/mol. The van der Waals surface area contributed by atoms with Gasteiger partial charge in [-0.25, -0.2) is 4.79 Å². The van der Waals surface area contributed by atoms with Gasteiger partial charge in [0.25, 0.3) is 0 Å². The normalized spacial score (nSPS) is 24.1. The smallest absolute Gasteiger partial charge is 0.407 e. The van der Waals surface area contributed by atoms with Crippen LogP contribution in [0.5, 0.6) is 0 Å². The number of ether oxygens (including phenoxy) is 1. The molecule has 0 aromatic carbocycles. The van der Waals surface area contributed by atoms with Crippen molar-refractivity contribution < 1.29 is 19.4 Å². The fraction of sp³-hybridized carbons (Fsp3) is 0.765. The van der Waals surface area contributed by atoms with Crippen molar-refractivity contribution in [2.45, 2.75) is 70.1 Å². The van der Waals surface area contributed by atoms with Crippen LogP contribution in [-0.2, 0) is 9.53 Å². The lowest BCUT2D eigenvalue weighted by molar-refractivity contribution is -0.119. The number of ketones is 1. The minimum atomic E-state index is -0.425. The van der Waals surface area contributed by atoms with Crippen molar-refractivity contribution in [2.24, 2.45) is 0 Å². The number of unbranched alkanes of at least 4 members (excludes halogenated alkanes) is 1. The molecule has 0 aliphatic heterocycles. The number of carbonyl (C=O) groups excluding carboxylic acids is 2. The number of carbonyl (C=O) groups is 2. The molecule has 132 valence electrons. The van der Waals surface area contributed by atoms with Gasteiger partial charge in [-0.1, -0.05) is 6.08 Å². The van der Waals surface area contributed by atoms with Crippen LogP contribution in [0.1, 0.15) is 51.9 Å². The lowest BCUT2D eigenvalue weighted by atomic mass is 10.0. The average molecular weight is 326 g/mol. The number of likely N-dealkylation sites (N-methyl/N-ethyl adjacent to an activating group) is 1. The number of aliphatic hydroxyl groups excluding tert-OH is 1. The molecule has 0 aromatic rings. The largest absolute Gasteiger partial charge is 0.442 e. The van der Waals surface area contributed by atoms with Gasteiger partial charge in [0.2, 0.25) is 0 Å². The molecule has 1 aliphatic carbocycles. The third-order valence-electron chi connectivity index (χ3n) is 4.09. The molecule has 0 unspecified atom stereocenters. The second-order valence-electron chi connectivity index (χ2n) is 6.05. The maximum Gasteiger partial charge on any atom is 0.407 e. The van der Waals surface area contributed by atoms with Gasteiger partial charge in [-0.05, 0) is 65.0 Å². The number of amides is 1. The number of aliphatic hydroxyl groups is 1. The monoisotopic (exact) mass is 326 g/mol.